The zero-order valence-corrected chi connectivity index (χ0v) is 16.6. The molecule has 0 spiro atoms. The SMILES string of the molecule is CCCc1ccc(S(=O)(=O)NCc2ccc(C(=O)c3ccccc3)s2)cc1. The van der Waals surface area contributed by atoms with Gasteiger partial charge < -0.3 is 0 Å². The predicted octanol–water partition coefficient (Wildman–Crippen LogP) is 4.41. The van der Waals surface area contributed by atoms with Crippen molar-refractivity contribution < 1.29 is 13.2 Å². The van der Waals surface area contributed by atoms with Crippen LogP contribution in [0.4, 0.5) is 0 Å². The van der Waals surface area contributed by atoms with Crippen LogP contribution in [0.25, 0.3) is 0 Å². The Balaban J connectivity index is 1.66. The van der Waals surface area contributed by atoms with Crippen molar-refractivity contribution in [3.63, 3.8) is 0 Å². The van der Waals surface area contributed by atoms with E-state index in [1.807, 2.05) is 30.3 Å². The van der Waals surface area contributed by atoms with E-state index in [0.717, 1.165) is 23.3 Å². The predicted molar refractivity (Wildman–Crippen MR) is 109 cm³/mol. The second-order valence-electron chi connectivity index (χ2n) is 6.18. The van der Waals surface area contributed by atoms with Crippen molar-refractivity contribution in [2.45, 2.75) is 31.2 Å². The lowest BCUT2D eigenvalue weighted by atomic mass is 10.1. The van der Waals surface area contributed by atoms with Crippen LogP contribution in [-0.2, 0) is 23.0 Å². The Kier molecular flexibility index (Phi) is 6.21. The second kappa shape index (κ2) is 8.61. The van der Waals surface area contributed by atoms with Gasteiger partial charge in [-0.05, 0) is 36.2 Å². The smallest absolute Gasteiger partial charge is 0.240 e. The van der Waals surface area contributed by atoms with E-state index < -0.39 is 10.0 Å². The second-order valence-corrected chi connectivity index (χ2v) is 9.11. The summed E-state index contributed by atoms with van der Waals surface area (Å²) in [7, 11) is -3.58. The van der Waals surface area contributed by atoms with Gasteiger partial charge in [-0.3, -0.25) is 4.79 Å². The molecule has 27 heavy (non-hydrogen) atoms. The van der Waals surface area contributed by atoms with E-state index >= 15 is 0 Å². The van der Waals surface area contributed by atoms with Gasteiger partial charge in [0.05, 0.1) is 9.77 Å². The maximum atomic E-state index is 12.5. The largest absolute Gasteiger partial charge is 0.288 e. The first kappa shape index (κ1) is 19.5. The Bertz CT molecular complexity index is 1010. The van der Waals surface area contributed by atoms with E-state index in [-0.39, 0.29) is 17.2 Å². The number of thiophene rings is 1. The molecule has 2 aromatic carbocycles. The van der Waals surface area contributed by atoms with Gasteiger partial charge in [-0.2, -0.15) is 0 Å². The summed E-state index contributed by atoms with van der Waals surface area (Å²) < 4.78 is 27.5. The summed E-state index contributed by atoms with van der Waals surface area (Å²) in [5.74, 6) is -0.0544. The van der Waals surface area contributed by atoms with Crippen LogP contribution in [0.2, 0.25) is 0 Å². The molecule has 0 saturated heterocycles. The zero-order valence-electron chi connectivity index (χ0n) is 15.0. The molecule has 140 valence electrons. The average Bonchev–Trinajstić information content (AvgIpc) is 3.16. The molecule has 3 aromatic rings. The Hall–Kier alpha value is -2.28. The van der Waals surface area contributed by atoms with Gasteiger partial charge in [0.2, 0.25) is 15.8 Å². The molecule has 4 nitrogen and oxygen atoms in total. The van der Waals surface area contributed by atoms with Gasteiger partial charge in [0.15, 0.2) is 0 Å². The molecule has 0 fully saturated rings. The Labute approximate surface area is 163 Å². The van der Waals surface area contributed by atoms with Crippen molar-refractivity contribution in [2.24, 2.45) is 0 Å². The molecule has 0 aliphatic carbocycles. The Morgan fingerprint density at radius 2 is 1.67 bits per heavy atom. The number of hydrogen-bond acceptors (Lipinski definition) is 4. The molecule has 0 unspecified atom stereocenters. The van der Waals surface area contributed by atoms with Crippen molar-refractivity contribution in [2.75, 3.05) is 0 Å². The molecule has 0 bridgehead atoms. The summed E-state index contributed by atoms with van der Waals surface area (Å²) in [5.41, 5.74) is 1.75. The summed E-state index contributed by atoms with van der Waals surface area (Å²) in [6, 6.07) is 19.5. The molecule has 0 aliphatic heterocycles. The third kappa shape index (κ3) is 4.91. The van der Waals surface area contributed by atoms with Crippen LogP contribution in [0.1, 0.15) is 39.0 Å². The van der Waals surface area contributed by atoms with Gasteiger partial charge in [0, 0.05) is 17.0 Å². The van der Waals surface area contributed by atoms with Crippen LogP contribution in [0, 0.1) is 0 Å². The highest BCUT2D eigenvalue weighted by Gasteiger charge is 2.16. The van der Waals surface area contributed by atoms with Crippen LogP contribution in [0.3, 0.4) is 0 Å². The van der Waals surface area contributed by atoms with Crippen LogP contribution in [-0.4, -0.2) is 14.2 Å². The molecule has 1 heterocycles. The van der Waals surface area contributed by atoms with Gasteiger partial charge >= 0.3 is 0 Å². The van der Waals surface area contributed by atoms with E-state index in [4.69, 9.17) is 0 Å². The van der Waals surface area contributed by atoms with E-state index in [2.05, 4.69) is 11.6 Å². The first-order valence-electron chi connectivity index (χ1n) is 8.76. The quantitative estimate of drug-likeness (QED) is 0.571. The molecule has 0 radical (unpaired) electrons. The summed E-state index contributed by atoms with van der Waals surface area (Å²) in [6.07, 6.45) is 1.95. The minimum atomic E-state index is -3.58. The molecule has 0 atom stereocenters. The van der Waals surface area contributed by atoms with Crippen molar-refractivity contribution in [1.82, 2.24) is 4.72 Å². The minimum absolute atomic E-state index is 0.0544. The standard InChI is InChI=1S/C21H21NO3S2/c1-2-6-16-9-12-19(13-10-16)27(24,25)22-15-18-11-14-20(26-18)21(23)17-7-4-3-5-8-17/h3-5,7-14,22H,2,6,15H2,1H3. The number of aryl methyl sites for hydroxylation is 1. The van der Waals surface area contributed by atoms with E-state index in [0.29, 0.717) is 10.4 Å². The highest BCUT2D eigenvalue weighted by molar-refractivity contribution is 7.89. The Morgan fingerprint density at radius 1 is 0.963 bits per heavy atom. The first-order valence-corrected chi connectivity index (χ1v) is 11.1. The fourth-order valence-electron chi connectivity index (χ4n) is 2.70. The fourth-order valence-corrected chi connectivity index (χ4v) is 4.71. The molecule has 0 saturated carbocycles. The van der Waals surface area contributed by atoms with Gasteiger partial charge in [-0.1, -0.05) is 55.8 Å². The van der Waals surface area contributed by atoms with Crippen molar-refractivity contribution in [3.8, 4) is 0 Å². The molecular formula is C21H21NO3S2. The number of rotatable bonds is 8. The third-order valence-electron chi connectivity index (χ3n) is 4.13. The summed E-state index contributed by atoms with van der Waals surface area (Å²) >= 11 is 1.30. The minimum Gasteiger partial charge on any atom is -0.288 e. The van der Waals surface area contributed by atoms with Gasteiger partial charge in [-0.25, -0.2) is 13.1 Å². The number of carbonyl (C=O) groups excluding carboxylic acids is 1. The highest BCUT2D eigenvalue weighted by Crippen LogP contribution is 2.21. The number of ketones is 1. The van der Waals surface area contributed by atoms with E-state index in [1.54, 1.807) is 36.4 Å². The number of benzene rings is 2. The highest BCUT2D eigenvalue weighted by atomic mass is 32.2. The summed E-state index contributed by atoms with van der Waals surface area (Å²) in [5, 5.41) is 0. The molecule has 1 aromatic heterocycles. The number of carbonyl (C=O) groups is 1. The number of hydrogen-bond donors (Lipinski definition) is 1. The molecule has 0 aliphatic rings. The van der Waals surface area contributed by atoms with Crippen LogP contribution < -0.4 is 4.72 Å². The van der Waals surface area contributed by atoms with Crippen molar-refractivity contribution >= 4 is 27.1 Å². The zero-order chi connectivity index (χ0) is 19.3. The van der Waals surface area contributed by atoms with Gasteiger partial charge in [0.1, 0.15) is 0 Å². The third-order valence-corrected chi connectivity index (χ3v) is 6.63. The molecule has 6 heteroatoms. The van der Waals surface area contributed by atoms with Crippen molar-refractivity contribution in [3.05, 3.63) is 87.6 Å². The van der Waals surface area contributed by atoms with E-state index in [1.165, 1.54) is 11.3 Å². The molecular weight excluding hydrogens is 378 g/mol. The lowest BCUT2D eigenvalue weighted by Crippen LogP contribution is -2.22. The summed E-state index contributed by atoms with van der Waals surface area (Å²) in [6.45, 7) is 2.25. The van der Waals surface area contributed by atoms with Crippen molar-refractivity contribution in [1.29, 1.82) is 0 Å². The average molecular weight is 400 g/mol. The van der Waals surface area contributed by atoms with E-state index in [9.17, 15) is 13.2 Å². The maximum absolute atomic E-state index is 12.5. The monoisotopic (exact) mass is 399 g/mol. The molecule has 1 N–H and O–H groups in total. The van der Waals surface area contributed by atoms with Crippen LogP contribution in [0.5, 0.6) is 0 Å². The number of sulfonamides is 1. The van der Waals surface area contributed by atoms with Gasteiger partial charge in [0.25, 0.3) is 0 Å². The van der Waals surface area contributed by atoms with Crippen LogP contribution in [0.15, 0.2) is 71.6 Å². The molecule has 3 rings (SSSR count). The fraction of sp³-hybridized carbons (Fsp3) is 0.190. The first-order chi connectivity index (χ1) is 13.0. The van der Waals surface area contributed by atoms with Gasteiger partial charge in [-0.15, -0.1) is 11.3 Å². The summed E-state index contributed by atoms with van der Waals surface area (Å²) in [4.78, 5) is 14.1. The van der Waals surface area contributed by atoms with Crippen LogP contribution >= 0.6 is 11.3 Å². The maximum Gasteiger partial charge on any atom is 0.240 e. The normalized spacial score (nSPS) is 11.4. The molecule has 0 amide bonds. The Morgan fingerprint density at radius 3 is 2.33 bits per heavy atom. The lowest BCUT2D eigenvalue weighted by molar-refractivity contribution is 0.104. The number of nitrogens with one attached hydrogen (secondary N) is 1. The topological polar surface area (TPSA) is 63.2 Å². The lowest BCUT2D eigenvalue weighted by Gasteiger charge is -2.06.